The van der Waals surface area contributed by atoms with Crippen molar-refractivity contribution in [3.63, 3.8) is 0 Å². The van der Waals surface area contributed by atoms with Crippen LogP contribution in [0.25, 0.3) is 0 Å². The lowest BCUT2D eigenvalue weighted by Gasteiger charge is -2.33. The van der Waals surface area contributed by atoms with Crippen molar-refractivity contribution in [2.75, 3.05) is 14.1 Å². The van der Waals surface area contributed by atoms with Crippen molar-refractivity contribution in [3.05, 3.63) is 48.6 Å². The van der Waals surface area contributed by atoms with Gasteiger partial charge >= 0.3 is 0 Å². The van der Waals surface area contributed by atoms with Crippen LogP contribution in [-0.4, -0.2) is 38.7 Å². The molecule has 0 bridgehead atoms. The van der Waals surface area contributed by atoms with Gasteiger partial charge in [0.05, 0.1) is 10.2 Å². The lowest BCUT2D eigenvalue weighted by Crippen LogP contribution is -2.42. The van der Waals surface area contributed by atoms with E-state index in [-0.39, 0.29) is 16.4 Å². The van der Waals surface area contributed by atoms with E-state index in [1.54, 1.807) is 0 Å². The van der Waals surface area contributed by atoms with Crippen molar-refractivity contribution < 1.29 is 4.21 Å². The van der Waals surface area contributed by atoms with Crippen LogP contribution in [0.15, 0.2) is 43.0 Å². The third kappa shape index (κ3) is 4.51. The summed E-state index contributed by atoms with van der Waals surface area (Å²) in [6.07, 6.45) is 7.65. The Morgan fingerprint density at radius 3 is 2.39 bits per heavy atom. The minimum atomic E-state index is -0.979. The van der Waals surface area contributed by atoms with E-state index < -0.39 is 10.8 Å². The van der Waals surface area contributed by atoms with Crippen molar-refractivity contribution in [3.8, 4) is 0 Å². The first-order valence-electron chi connectivity index (χ1n) is 8.34. The van der Waals surface area contributed by atoms with Crippen LogP contribution in [0, 0.1) is 0 Å². The quantitative estimate of drug-likeness (QED) is 0.564. The van der Waals surface area contributed by atoms with Crippen LogP contribution < -0.4 is 0 Å². The lowest BCUT2D eigenvalue weighted by atomic mass is 9.95. The number of hydrogen-bond donors (Lipinski definition) is 0. The first-order valence-corrected chi connectivity index (χ1v) is 10.0. The Morgan fingerprint density at radius 1 is 1.26 bits per heavy atom. The van der Waals surface area contributed by atoms with Gasteiger partial charge in [-0.05, 0) is 18.4 Å². The van der Waals surface area contributed by atoms with Gasteiger partial charge in [-0.25, -0.2) is 0 Å². The van der Waals surface area contributed by atoms with E-state index in [4.69, 9.17) is 12.2 Å². The van der Waals surface area contributed by atoms with E-state index >= 15 is 0 Å². The Hall–Kier alpha value is -1.00. The van der Waals surface area contributed by atoms with Crippen LogP contribution in [-0.2, 0) is 10.8 Å². The number of rotatable bonds is 6. The molecule has 1 aliphatic carbocycles. The molecular weight excluding hydrogens is 322 g/mol. The Kier molecular flexibility index (Phi) is 6.97. The van der Waals surface area contributed by atoms with Crippen LogP contribution >= 0.6 is 12.2 Å². The number of benzene rings is 1. The smallest absolute Gasteiger partial charge is 0.0956 e. The molecular formula is C19H27NOS2. The topological polar surface area (TPSA) is 20.3 Å². The maximum absolute atomic E-state index is 13.4. The van der Waals surface area contributed by atoms with Gasteiger partial charge in [-0.2, -0.15) is 0 Å². The molecule has 1 aromatic rings. The summed E-state index contributed by atoms with van der Waals surface area (Å²) in [5.41, 5.74) is 1.14. The normalized spacial score (nSPS) is 19.6. The molecule has 3 atom stereocenters. The van der Waals surface area contributed by atoms with Crippen molar-refractivity contribution in [2.45, 2.75) is 48.5 Å². The van der Waals surface area contributed by atoms with E-state index in [9.17, 15) is 4.21 Å². The van der Waals surface area contributed by atoms with Gasteiger partial charge < -0.3 is 4.90 Å². The maximum atomic E-state index is 13.4. The molecule has 23 heavy (non-hydrogen) atoms. The van der Waals surface area contributed by atoms with Gasteiger partial charge in [0.25, 0.3) is 0 Å². The van der Waals surface area contributed by atoms with Crippen molar-refractivity contribution in [1.29, 1.82) is 0 Å². The fraction of sp³-hybridized carbons (Fsp3) is 0.526. The van der Waals surface area contributed by atoms with Gasteiger partial charge in [0.2, 0.25) is 0 Å². The van der Waals surface area contributed by atoms with Crippen LogP contribution in [0.5, 0.6) is 0 Å². The zero-order chi connectivity index (χ0) is 16.8. The van der Waals surface area contributed by atoms with E-state index in [1.165, 1.54) is 19.3 Å². The number of thiocarbonyl (C=S) groups is 1. The molecule has 0 heterocycles. The van der Waals surface area contributed by atoms with Crippen molar-refractivity contribution in [2.24, 2.45) is 0 Å². The third-order valence-corrected chi connectivity index (χ3v) is 7.49. The fourth-order valence-corrected chi connectivity index (χ4v) is 5.88. The molecule has 0 unspecified atom stereocenters. The summed E-state index contributed by atoms with van der Waals surface area (Å²) >= 11 is 5.67. The molecule has 0 saturated heterocycles. The van der Waals surface area contributed by atoms with Gasteiger partial charge in [-0.1, -0.05) is 67.9 Å². The van der Waals surface area contributed by atoms with Gasteiger partial charge in [-0.3, -0.25) is 4.21 Å². The molecule has 1 aliphatic rings. The summed E-state index contributed by atoms with van der Waals surface area (Å²) in [5.74, 6) is -0.00569. The monoisotopic (exact) mass is 349 g/mol. The average Bonchev–Trinajstić information content (AvgIpc) is 2.60. The minimum absolute atomic E-state index is 0.00569. The summed E-state index contributed by atoms with van der Waals surface area (Å²) in [7, 11) is 2.91. The summed E-state index contributed by atoms with van der Waals surface area (Å²) in [6, 6.07) is 10.2. The summed E-state index contributed by atoms with van der Waals surface area (Å²) in [5, 5.41) is 0.0841. The molecule has 126 valence electrons. The van der Waals surface area contributed by atoms with Crippen LogP contribution in [0.2, 0.25) is 0 Å². The van der Waals surface area contributed by atoms with E-state index in [2.05, 4.69) is 18.7 Å². The van der Waals surface area contributed by atoms with Gasteiger partial charge in [0.1, 0.15) is 0 Å². The minimum Gasteiger partial charge on any atom is -0.371 e. The van der Waals surface area contributed by atoms with Crippen LogP contribution in [0.1, 0.15) is 43.6 Å². The maximum Gasteiger partial charge on any atom is 0.0956 e. The average molecular weight is 350 g/mol. The first-order chi connectivity index (χ1) is 11.1. The summed E-state index contributed by atoms with van der Waals surface area (Å²) in [4.78, 5) is 2.70. The Bertz CT molecular complexity index is 550. The Labute approximate surface area is 148 Å². The molecule has 1 aromatic carbocycles. The van der Waals surface area contributed by atoms with Gasteiger partial charge in [0.15, 0.2) is 0 Å². The third-order valence-electron chi connectivity index (χ3n) is 4.58. The summed E-state index contributed by atoms with van der Waals surface area (Å²) < 4.78 is 13.4. The molecule has 4 heteroatoms. The molecule has 0 spiro atoms. The molecule has 0 aliphatic heterocycles. The highest BCUT2D eigenvalue weighted by Crippen LogP contribution is 2.32. The highest BCUT2D eigenvalue weighted by Gasteiger charge is 2.35. The highest BCUT2D eigenvalue weighted by molar-refractivity contribution is 7.90. The second-order valence-electron chi connectivity index (χ2n) is 6.41. The van der Waals surface area contributed by atoms with Crippen LogP contribution in [0.4, 0.5) is 0 Å². The van der Waals surface area contributed by atoms with Gasteiger partial charge in [0, 0.05) is 36.1 Å². The molecule has 0 radical (unpaired) electrons. The van der Waals surface area contributed by atoms with E-state index in [0.717, 1.165) is 23.4 Å². The largest absolute Gasteiger partial charge is 0.371 e. The van der Waals surface area contributed by atoms with Gasteiger partial charge in [-0.15, -0.1) is 6.58 Å². The predicted molar refractivity (Wildman–Crippen MR) is 104 cm³/mol. The second kappa shape index (κ2) is 8.74. The van der Waals surface area contributed by atoms with E-state index in [0.29, 0.717) is 0 Å². The number of hydrogen-bond acceptors (Lipinski definition) is 2. The molecule has 1 fully saturated rings. The Balaban J connectivity index is 2.34. The molecule has 2 rings (SSSR count). The SMILES string of the molecule is C=C[C@@H](c1ccccc1)[C@@H](C(=S)N(C)C)[S@@](=O)C1CCCCC1. The standard InChI is InChI=1S/C19H27NOS2/c1-4-17(15-11-7-5-8-12-15)18(19(22)20(2)3)23(21)16-13-9-6-10-14-16/h4-5,7-8,11-12,16-18H,1,6,9-10,13-14H2,2-3H3/t17-,18-,23-/m0/s1. The highest BCUT2D eigenvalue weighted by atomic mass is 32.2. The predicted octanol–water partition coefficient (Wildman–Crippen LogP) is 4.30. The number of allylic oxidation sites excluding steroid dienone is 1. The zero-order valence-corrected chi connectivity index (χ0v) is 15.7. The number of nitrogens with zero attached hydrogens (tertiary/aromatic N) is 1. The first kappa shape index (κ1) is 18.3. The molecule has 1 saturated carbocycles. The molecule has 0 amide bonds. The van der Waals surface area contributed by atoms with E-state index in [1.807, 2.05) is 43.3 Å². The van der Waals surface area contributed by atoms with Crippen molar-refractivity contribution in [1.82, 2.24) is 4.90 Å². The van der Waals surface area contributed by atoms with Crippen LogP contribution in [0.3, 0.4) is 0 Å². The summed E-state index contributed by atoms with van der Waals surface area (Å²) in [6.45, 7) is 4.01. The molecule has 0 N–H and O–H groups in total. The second-order valence-corrected chi connectivity index (χ2v) is 8.66. The fourth-order valence-electron chi connectivity index (χ4n) is 3.27. The van der Waals surface area contributed by atoms with Crippen molar-refractivity contribution >= 4 is 28.0 Å². The lowest BCUT2D eigenvalue weighted by molar-refractivity contribution is 0.501. The Morgan fingerprint density at radius 2 is 1.87 bits per heavy atom. The zero-order valence-electron chi connectivity index (χ0n) is 14.1. The molecule has 2 nitrogen and oxygen atoms in total. The molecule has 0 aromatic heterocycles.